The van der Waals surface area contributed by atoms with Crippen molar-refractivity contribution >= 4 is 28.4 Å². The Morgan fingerprint density at radius 3 is 2.50 bits per heavy atom. The minimum absolute atomic E-state index is 0.0519. The van der Waals surface area contributed by atoms with Crippen LogP contribution in [0.25, 0.3) is 22.2 Å². The zero-order valence-electron chi connectivity index (χ0n) is 14.0. The zero-order valence-corrected chi connectivity index (χ0v) is 14.7. The van der Waals surface area contributed by atoms with Crippen molar-refractivity contribution in [2.45, 2.75) is 32.9 Å². The Morgan fingerprint density at radius 2 is 1.83 bits per heavy atom. The lowest BCUT2D eigenvalue weighted by atomic mass is 10.1. The summed E-state index contributed by atoms with van der Waals surface area (Å²) in [6.45, 7) is 5.75. The molecule has 0 aliphatic carbocycles. The number of nitrogens with one attached hydrogen (secondary N) is 1. The quantitative estimate of drug-likeness (QED) is 0.762. The number of fused-ring (bicyclic) bond motifs is 1. The number of hydrogen-bond acceptors (Lipinski definition) is 2. The molecule has 0 aliphatic rings. The van der Waals surface area contributed by atoms with E-state index in [0.29, 0.717) is 5.02 Å². The van der Waals surface area contributed by atoms with Crippen LogP contribution in [-0.4, -0.2) is 21.7 Å². The number of benzene rings is 2. The van der Waals surface area contributed by atoms with E-state index in [9.17, 15) is 4.79 Å². The smallest absolute Gasteiger partial charge is 0.244 e. The normalized spacial score (nSPS) is 12.5. The summed E-state index contributed by atoms with van der Waals surface area (Å²) in [5.41, 5.74) is 2.72. The summed E-state index contributed by atoms with van der Waals surface area (Å²) in [5.74, 6) is -0.0519. The van der Waals surface area contributed by atoms with E-state index in [4.69, 9.17) is 16.7 Å². The second-order valence-electron chi connectivity index (χ2n) is 6.16. The molecule has 124 valence electrons. The van der Waals surface area contributed by atoms with Crippen LogP contribution in [0.15, 0.2) is 48.5 Å². The van der Waals surface area contributed by atoms with E-state index < -0.39 is 6.04 Å². The molecule has 1 amide bonds. The fraction of sp³-hybridized carbons (Fsp3) is 0.263. The molecule has 24 heavy (non-hydrogen) atoms. The number of aromatic nitrogens is 2. The third-order valence-corrected chi connectivity index (χ3v) is 4.13. The van der Waals surface area contributed by atoms with E-state index in [-0.39, 0.29) is 11.9 Å². The highest BCUT2D eigenvalue weighted by molar-refractivity contribution is 6.31. The van der Waals surface area contributed by atoms with Gasteiger partial charge in [-0.15, -0.1) is 0 Å². The average molecular weight is 342 g/mol. The van der Waals surface area contributed by atoms with Crippen molar-refractivity contribution < 1.29 is 4.79 Å². The number of amides is 1. The van der Waals surface area contributed by atoms with Crippen LogP contribution >= 0.6 is 11.6 Å². The predicted octanol–water partition coefficient (Wildman–Crippen LogP) is 4.44. The number of halogens is 1. The van der Waals surface area contributed by atoms with Crippen molar-refractivity contribution in [2.24, 2.45) is 0 Å². The third kappa shape index (κ3) is 3.15. The molecular weight excluding hydrogens is 322 g/mol. The Labute approximate surface area is 146 Å². The maximum absolute atomic E-state index is 12.4. The second-order valence-corrected chi connectivity index (χ2v) is 6.60. The Hall–Kier alpha value is -2.33. The molecule has 0 radical (unpaired) electrons. The first-order valence-corrected chi connectivity index (χ1v) is 8.38. The molecular formula is C19H20ClN3O. The van der Waals surface area contributed by atoms with Gasteiger partial charge >= 0.3 is 0 Å². The van der Waals surface area contributed by atoms with E-state index >= 15 is 0 Å². The van der Waals surface area contributed by atoms with E-state index in [1.54, 1.807) is 4.68 Å². The zero-order chi connectivity index (χ0) is 17.3. The maximum atomic E-state index is 12.4. The van der Waals surface area contributed by atoms with Crippen LogP contribution in [0.1, 0.15) is 26.8 Å². The van der Waals surface area contributed by atoms with Gasteiger partial charge in [-0.3, -0.25) is 9.48 Å². The minimum atomic E-state index is -0.409. The Balaban J connectivity index is 2.14. The van der Waals surface area contributed by atoms with Gasteiger partial charge in [0.2, 0.25) is 5.91 Å². The predicted molar refractivity (Wildman–Crippen MR) is 98.2 cm³/mol. The molecule has 1 aromatic heterocycles. The molecule has 1 atom stereocenters. The highest BCUT2D eigenvalue weighted by Crippen LogP contribution is 2.31. The SMILES string of the molecule is CC(C)NC(=O)[C@@H](C)n1nc(-c2ccccc2)c2cc(Cl)ccc21. The van der Waals surface area contributed by atoms with Gasteiger partial charge in [0.15, 0.2) is 0 Å². The van der Waals surface area contributed by atoms with Crippen LogP contribution in [0.4, 0.5) is 0 Å². The molecule has 0 unspecified atom stereocenters. The van der Waals surface area contributed by atoms with Gasteiger partial charge in [-0.1, -0.05) is 41.9 Å². The number of nitrogens with zero attached hydrogens (tertiary/aromatic N) is 2. The van der Waals surface area contributed by atoms with Crippen LogP contribution < -0.4 is 5.32 Å². The fourth-order valence-electron chi connectivity index (χ4n) is 2.73. The van der Waals surface area contributed by atoms with E-state index in [0.717, 1.165) is 22.2 Å². The molecule has 0 spiro atoms. The van der Waals surface area contributed by atoms with Crippen LogP contribution in [0.3, 0.4) is 0 Å². The van der Waals surface area contributed by atoms with Gasteiger partial charge in [0.1, 0.15) is 11.7 Å². The van der Waals surface area contributed by atoms with E-state index in [2.05, 4.69) is 5.32 Å². The monoisotopic (exact) mass is 341 g/mol. The van der Waals surface area contributed by atoms with Crippen molar-refractivity contribution in [3.8, 4) is 11.3 Å². The minimum Gasteiger partial charge on any atom is -0.352 e. The number of carbonyl (C=O) groups excluding carboxylic acids is 1. The second kappa shape index (κ2) is 6.65. The standard InChI is InChI=1S/C19H20ClN3O/c1-12(2)21-19(24)13(3)23-17-10-9-15(20)11-16(17)18(22-23)14-7-5-4-6-8-14/h4-13H,1-3H3,(H,21,24)/t13-/m1/s1. The summed E-state index contributed by atoms with van der Waals surface area (Å²) < 4.78 is 1.77. The first kappa shape index (κ1) is 16.5. The molecule has 3 aromatic rings. The van der Waals surface area contributed by atoms with Gasteiger partial charge in [-0.25, -0.2) is 0 Å². The summed E-state index contributed by atoms with van der Waals surface area (Å²) in [6, 6.07) is 15.2. The lowest BCUT2D eigenvalue weighted by molar-refractivity contribution is -0.124. The lowest BCUT2D eigenvalue weighted by Gasteiger charge is -2.15. The molecule has 0 aliphatic heterocycles. The average Bonchev–Trinajstić information content (AvgIpc) is 2.93. The Bertz CT molecular complexity index is 871. The van der Waals surface area contributed by atoms with Crippen molar-refractivity contribution in [1.82, 2.24) is 15.1 Å². The Morgan fingerprint density at radius 1 is 1.12 bits per heavy atom. The van der Waals surface area contributed by atoms with E-state index in [1.165, 1.54) is 0 Å². The van der Waals surface area contributed by atoms with E-state index in [1.807, 2.05) is 69.3 Å². The number of rotatable bonds is 4. The Kier molecular flexibility index (Phi) is 4.58. The van der Waals surface area contributed by atoms with Crippen molar-refractivity contribution in [3.05, 3.63) is 53.6 Å². The van der Waals surface area contributed by atoms with Gasteiger partial charge < -0.3 is 5.32 Å². The number of carbonyl (C=O) groups is 1. The van der Waals surface area contributed by atoms with Gasteiger partial charge in [0.05, 0.1) is 5.52 Å². The van der Waals surface area contributed by atoms with Gasteiger partial charge in [0, 0.05) is 22.0 Å². The summed E-state index contributed by atoms with van der Waals surface area (Å²) in [7, 11) is 0. The van der Waals surface area contributed by atoms with Crippen LogP contribution in [-0.2, 0) is 4.79 Å². The van der Waals surface area contributed by atoms with Gasteiger partial charge in [-0.05, 0) is 39.0 Å². The first-order chi connectivity index (χ1) is 11.5. The van der Waals surface area contributed by atoms with Gasteiger partial charge in [0.25, 0.3) is 0 Å². The molecule has 5 heteroatoms. The van der Waals surface area contributed by atoms with Crippen molar-refractivity contribution in [1.29, 1.82) is 0 Å². The molecule has 0 bridgehead atoms. The van der Waals surface area contributed by atoms with Crippen LogP contribution in [0.5, 0.6) is 0 Å². The molecule has 0 saturated carbocycles. The fourth-order valence-corrected chi connectivity index (χ4v) is 2.91. The highest BCUT2D eigenvalue weighted by Gasteiger charge is 2.21. The summed E-state index contributed by atoms with van der Waals surface area (Å²) >= 11 is 6.18. The molecule has 0 fully saturated rings. The number of hydrogen-bond donors (Lipinski definition) is 1. The summed E-state index contributed by atoms with van der Waals surface area (Å²) in [6.07, 6.45) is 0. The maximum Gasteiger partial charge on any atom is 0.244 e. The molecule has 1 heterocycles. The van der Waals surface area contributed by atoms with Crippen LogP contribution in [0, 0.1) is 0 Å². The largest absolute Gasteiger partial charge is 0.352 e. The topological polar surface area (TPSA) is 46.9 Å². The first-order valence-electron chi connectivity index (χ1n) is 8.01. The van der Waals surface area contributed by atoms with Crippen molar-refractivity contribution in [3.63, 3.8) is 0 Å². The van der Waals surface area contributed by atoms with Gasteiger partial charge in [-0.2, -0.15) is 5.10 Å². The molecule has 3 rings (SSSR count). The van der Waals surface area contributed by atoms with Crippen LogP contribution in [0.2, 0.25) is 5.02 Å². The van der Waals surface area contributed by atoms with Crippen molar-refractivity contribution in [2.75, 3.05) is 0 Å². The molecule has 2 aromatic carbocycles. The molecule has 4 nitrogen and oxygen atoms in total. The molecule has 1 N–H and O–H groups in total. The molecule has 0 saturated heterocycles. The lowest BCUT2D eigenvalue weighted by Crippen LogP contribution is -2.36. The third-order valence-electron chi connectivity index (χ3n) is 3.89. The highest BCUT2D eigenvalue weighted by atomic mass is 35.5. The summed E-state index contributed by atoms with van der Waals surface area (Å²) in [5, 5.41) is 9.26. The summed E-state index contributed by atoms with van der Waals surface area (Å²) in [4.78, 5) is 12.4.